The van der Waals surface area contributed by atoms with E-state index in [9.17, 15) is 9.59 Å². The predicted molar refractivity (Wildman–Crippen MR) is 199 cm³/mol. The molecule has 0 saturated heterocycles. The molecule has 0 spiro atoms. The summed E-state index contributed by atoms with van der Waals surface area (Å²) in [5.41, 5.74) is 7.83. The molecule has 5 aromatic rings. The van der Waals surface area contributed by atoms with Gasteiger partial charge in [-0.25, -0.2) is 4.79 Å². The molecule has 0 atom stereocenters. The van der Waals surface area contributed by atoms with Crippen molar-refractivity contribution in [3.05, 3.63) is 172 Å². The van der Waals surface area contributed by atoms with Gasteiger partial charge < -0.3 is 14.2 Å². The summed E-state index contributed by atoms with van der Waals surface area (Å²) in [4.78, 5) is 31.8. The highest BCUT2D eigenvalue weighted by atomic mass is 16.4. The number of aromatic nitrogens is 1. The second-order valence-electron chi connectivity index (χ2n) is 13.8. The molecule has 0 saturated carbocycles. The molecule has 0 amide bonds. The molecule has 0 aliphatic carbocycles. The molecular weight excluding hydrogens is 606 g/mol. The molecule has 3 aromatic carbocycles. The van der Waals surface area contributed by atoms with Gasteiger partial charge in [0.25, 0.3) is 11.5 Å². The standard InChI is InChI=1S/C43H40N3O3/c1-42(2)32-16-8-10-18-34(32)44(5)38(42)21-13-14-29-24-26-46(27-25-29)36(40(47)31-28-30-15-7-12-20-37(30)49-41(31)48)22-23-39-43(3,4)33-17-9-11-19-35(33)45(39)6/h7-28H,1-6H3/q+1/b36-22+,39-23+. The molecule has 0 N–H and O–H groups in total. The number of likely N-dealkylation sites (N-methyl/N-ethyl adjacent to an activating group) is 2. The van der Waals surface area contributed by atoms with Crippen LogP contribution in [0.2, 0.25) is 0 Å². The summed E-state index contributed by atoms with van der Waals surface area (Å²) in [6, 6.07) is 29.6. The summed E-state index contributed by atoms with van der Waals surface area (Å²) in [5, 5.41) is 0.689. The smallest absolute Gasteiger partial charge is 0.347 e. The van der Waals surface area contributed by atoms with Gasteiger partial charge in [0, 0.05) is 71.3 Å². The molecular formula is C43H40N3O3+. The number of anilines is 2. The van der Waals surface area contributed by atoms with Crippen LogP contribution in [0.1, 0.15) is 54.7 Å². The van der Waals surface area contributed by atoms with Crippen molar-refractivity contribution in [2.45, 2.75) is 38.5 Å². The molecule has 0 radical (unpaired) electrons. The van der Waals surface area contributed by atoms with E-state index in [0.29, 0.717) is 16.7 Å². The maximum atomic E-state index is 14.2. The number of nitrogens with zero attached hydrogens (tertiary/aromatic N) is 3. The third-order valence-corrected chi connectivity index (χ3v) is 10.1. The minimum Gasteiger partial charge on any atom is -0.422 e. The fourth-order valence-electron chi connectivity index (χ4n) is 7.36. The lowest BCUT2D eigenvalue weighted by Crippen LogP contribution is -2.37. The molecule has 7 rings (SSSR count). The Hall–Kier alpha value is -5.75. The summed E-state index contributed by atoms with van der Waals surface area (Å²) in [7, 11) is 4.15. The second kappa shape index (κ2) is 12.0. The highest BCUT2D eigenvalue weighted by molar-refractivity contribution is 6.22. The van der Waals surface area contributed by atoms with Gasteiger partial charge in [-0.05, 0) is 53.1 Å². The number of hydrogen-bond acceptors (Lipinski definition) is 5. The van der Waals surface area contributed by atoms with Gasteiger partial charge >= 0.3 is 5.63 Å². The van der Waals surface area contributed by atoms with E-state index < -0.39 is 11.4 Å². The SMILES string of the molecule is CN1/C(=C/C=C/c2cc[n+](/C(=C/C=C3/N(C)c4ccccc4C3(C)C)C(=O)c3cc4ccccc4oc3=O)cc2)C(C)(C)c2ccccc21. The Morgan fingerprint density at radius 3 is 1.90 bits per heavy atom. The van der Waals surface area contributed by atoms with Crippen molar-refractivity contribution in [1.82, 2.24) is 0 Å². The monoisotopic (exact) mass is 646 g/mol. The van der Waals surface area contributed by atoms with Crippen LogP contribution in [0, 0.1) is 0 Å². The molecule has 2 aromatic heterocycles. The minimum atomic E-state index is -0.664. The lowest BCUT2D eigenvalue weighted by molar-refractivity contribution is -0.576. The summed E-state index contributed by atoms with van der Waals surface area (Å²) >= 11 is 0. The van der Waals surface area contributed by atoms with Crippen LogP contribution >= 0.6 is 0 Å². The Bertz CT molecular complexity index is 2300. The van der Waals surface area contributed by atoms with Crippen LogP contribution in [0.5, 0.6) is 0 Å². The van der Waals surface area contributed by atoms with Crippen molar-refractivity contribution in [3.8, 4) is 0 Å². The van der Waals surface area contributed by atoms with Crippen molar-refractivity contribution < 1.29 is 13.8 Å². The molecule has 0 fully saturated rings. The molecule has 0 unspecified atom stereocenters. The first-order valence-electron chi connectivity index (χ1n) is 16.6. The number of para-hydroxylation sites is 3. The first-order chi connectivity index (χ1) is 23.5. The van der Waals surface area contributed by atoms with Crippen LogP contribution in [0.15, 0.2) is 148 Å². The number of Topliss-reactive ketones (excluding diaryl/α,β-unsaturated/α-hetero) is 1. The van der Waals surface area contributed by atoms with Gasteiger partial charge in [-0.2, -0.15) is 4.57 Å². The third kappa shape index (κ3) is 5.43. The fourth-order valence-corrected chi connectivity index (χ4v) is 7.36. The van der Waals surface area contributed by atoms with E-state index in [-0.39, 0.29) is 16.4 Å². The molecule has 49 heavy (non-hydrogen) atoms. The van der Waals surface area contributed by atoms with E-state index in [4.69, 9.17) is 4.42 Å². The van der Waals surface area contributed by atoms with Crippen molar-refractivity contribution in [2.75, 3.05) is 23.9 Å². The van der Waals surface area contributed by atoms with E-state index in [1.807, 2.05) is 61.9 Å². The Morgan fingerprint density at radius 2 is 1.29 bits per heavy atom. The molecule has 2 aliphatic heterocycles. The van der Waals surface area contributed by atoms with Crippen LogP contribution in [-0.4, -0.2) is 19.9 Å². The molecule has 244 valence electrons. The summed E-state index contributed by atoms with van der Waals surface area (Å²) in [6.07, 6.45) is 13.8. The minimum absolute atomic E-state index is 0.0157. The van der Waals surface area contributed by atoms with Crippen molar-refractivity contribution in [2.24, 2.45) is 0 Å². The van der Waals surface area contributed by atoms with Crippen molar-refractivity contribution >= 4 is 39.9 Å². The maximum absolute atomic E-state index is 14.2. The van der Waals surface area contributed by atoms with Crippen LogP contribution in [0.25, 0.3) is 22.7 Å². The van der Waals surface area contributed by atoms with Crippen LogP contribution in [0.3, 0.4) is 0 Å². The zero-order valence-corrected chi connectivity index (χ0v) is 28.8. The lowest BCUT2D eigenvalue weighted by atomic mass is 9.83. The number of ketones is 1. The normalized spacial score (nSPS) is 18.1. The number of carbonyl (C=O) groups is 1. The zero-order valence-electron chi connectivity index (χ0n) is 28.8. The van der Waals surface area contributed by atoms with E-state index in [1.54, 1.807) is 22.8 Å². The zero-order chi connectivity index (χ0) is 34.5. The predicted octanol–water partition coefficient (Wildman–Crippen LogP) is 8.44. The summed E-state index contributed by atoms with van der Waals surface area (Å²) in [5.74, 6) is -0.420. The van der Waals surface area contributed by atoms with Gasteiger partial charge in [0.2, 0.25) is 0 Å². The number of hydrogen-bond donors (Lipinski definition) is 0. The van der Waals surface area contributed by atoms with Crippen LogP contribution in [-0.2, 0) is 10.8 Å². The Kier molecular flexibility index (Phi) is 7.83. The highest BCUT2D eigenvalue weighted by Gasteiger charge is 2.39. The Morgan fingerprint density at radius 1 is 0.735 bits per heavy atom. The number of fused-ring (bicyclic) bond motifs is 3. The molecule has 6 nitrogen and oxygen atoms in total. The molecule has 0 bridgehead atoms. The number of benzene rings is 3. The van der Waals surface area contributed by atoms with Gasteiger partial charge in [0.15, 0.2) is 12.4 Å². The van der Waals surface area contributed by atoms with Gasteiger partial charge in [0.1, 0.15) is 11.1 Å². The topological polar surface area (TPSA) is 57.6 Å². The Labute approximate surface area is 287 Å². The lowest BCUT2D eigenvalue weighted by Gasteiger charge is -2.23. The van der Waals surface area contributed by atoms with Gasteiger partial charge in [-0.3, -0.25) is 4.79 Å². The first kappa shape index (κ1) is 31.8. The molecule has 4 heterocycles. The molecule has 6 heteroatoms. The molecule has 2 aliphatic rings. The highest BCUT2D eigenvalue weighted by Crippen LogP contribution is 2.47. The van der Waals surface area contributed by atoms with E-state index in [2.05, 4.69) is 105 Å². The van der Waals surface area contributed by atoms with Crippen molar-refractivity contribution in [1.29, 1.82) is 0 Å². The number of carbonyl (C=O) groups excluding carboxylic acids is 1. The number of rotatable bonds is 6. The third-order valence-electron chi connectivity index (χ3n) is 10.1. The van der Waals surface area contributed by atoms with E-state index in [1.165, 1.54) is 22.5 Å². The van der Waals surface area contributed by atoms with E-state index in [0.717, 1.165) is 16.9 Å². The second-order valence-corrected chi connectivity index (χ2v) is 13.8. The summed E-state index contributed by atoms with van der Waals surface area (Å²) < 4.78 is 7.33. The maximum Gasteiger partial charge on any atom is 0.347 e. The average molecular weight is 647 g/mol. The Balaban J connectivity index is 1.25. The van der Waals surface area contributed by atoms with Gasteiger partial charge in [0.05, 0.1) is 0 Å². The van der Waals surface area contributed by atoms with Gasteiger partial charge in [-0.1, -0.05) is 94.4 Å². The number of allylic oxidation sites excluding steroid dienone is 7. The van der Waals surface area contributed by atoms with Crippen LogP contribution in [0.4, 0.5) is 11.4 Å². The fraction of sp³-hybridized carbons (Fsp3) is 0.186. The van der Waals surface area contributed by atoms with Crippen LogP contribution < -0.4 is 20.0 Å². The quantitative estimate of drug-likeness (QED) is 0.0802. The van der Waals surface area contributed by atoms with Crippen molar-refractivity contribution in [3.63, 3.8) is 0 Å². The summed E-state index contributed by atoms with van der Waals surface area (Å²) in [6.45, 7) is 8.86. The number of pyridine rings is 1. The average Bonchev–Trinajstić information content (AvgIpc) is 3.42. The largest absolute Gasteiger partial charge is 0.422 e. The van der Waals surface area contributed by atoms with E-state index >= 15 is 0 Å². The van der Waals surface area contributed by atoms with Gasteiger partial charge in [-0.15, -0.1) is 0 Å². The first-order valence-corrected chi connectivity index (χ1v) is 16.6.